The molecule has 0 radical (unpaired) electrons. The Labute approximate surface area is 202 Å². The number of benzene rings is 3. The zero-order valence-electron chi connectivity index (χ0n) is 19.0. The molecule has 1 saturated heterocycles. The highest BCUT2D eigenvalue weighted by Crippen LogP contribution is 2.59. The van der Waals surface area contributed by atoms with Crippen LogP contribution in [0.4, 0.5) is 11.4 Å². The first-order valence-electron chi connectivity index (χ1n) is 11.6. The van der Waals surface area contributed by atoms with Crippen molar-refractivity contribution in [3.8, 4) is 0 Å². The second kappa shape index (κ2) is 7.87. The Morgan fingerprint density at radius 2 is 1.31 bits per heavy atom. The fraction of sp³-hybridized carbons (Fsp3) is 0.172. The molecule has 3 aromatic carbocycles. The molecule has 2 fully saturated rings. The lowest BCUT2D eigenvalue weighted by Gasteiger charge is -2.21. The molecule has 6 heteroatoms. The number of fused-ring (bicyclic) bond motifs is 5. The number of carbonyl (C=O) groups excluding carboxylic acids is 2. The van der Waals surface area contributed by atoms with E-state index in [1.165, 1.54) is 6.07 Å². The first-order valence-corrected chi connectivity index (χ1v) is 11.6. The lowest BCUT2D eigenvalue weighted by atomic mass is 9.85. The SMILES string of the molecule is Cc1ccc(N2C(=O)[C@@H]3[C@@H](C2=O)[C@@H]2C=C[C@@H]3C2=C(c2ccccc2)c2ccccc2)cc1[N+](=O)[O-]. The van der Waals surface area contributed by atoms with E-state index in [0.717, 1.165) is 27.2 Å². The Morgan fingerprint density at radius 1 is 0.800 bits per heavy atom. The lowest BCUT2D eigenvalue weighted by molar-refractivity contribution is -0.385. The molecule has 2 bridgehead atoms. The van der Waals surface area contributed by atoms with Gasteiger partial charge in [-0.15, -0.1) is 0 Å². The van der Waals surface area contributed by atoms with Gasteiger partial charge in [0.25, 0.3) is 5.69 Å². The van der Waals surface area contributed by atoms with Crippen molar-refractivity contribution in [1.29, 1.82) is 0 Å². The van der Waals surface area contributed by atoms with E-state index in [9.17, 15) is 19.7 Å². The summed E-state index contributed by atoms with van der Waals surface area (Å²) in [5.74, 6) is -1.96. The first-order chi connectivity index (χ1) is 17.0. The zero-order chi connectivity index (χ0) is 24.3. The minimum absolute atomic E-state index is 0.0997. The van der Waals surface area contributed by atoms with Gasteiger partial charge in [0.05, 0.1) is 22.4 Å². The van der Waals surface area contributed by atoms with Crippen molar-refractivity contribution in [3.05, 3.63) is 123 Å². The highest BCUT2D eigenvalue weighted by Gasteiger charge is 2.62. The molecule has 1 saturated carbocycles. The van der Waals surface area contributed by atoms with Gasteiger partial charge < -0.3 is 0 Å². The lowest BCUT2D eigenvalue weighted by Crippen LogP contribution is -2.33. The molecule has 2 aliphatic carbocycles. The van der Waals surface area contributed by atoms with Crippen LogP contribution in [0.25, 0.3) is 5.57 Å². The number of anilines is 1. The van der Waals surface area contributed by atoms with Crippen LogP contribution in [0.15, 0.2) is 96.6 Å². The monoisotopic (exact) mass is 462 g/mol. The van der Waals surface area contributed by atoms with Crippen LogP contribution in [0.1, 0.15) is 16.7 Å². The standard InChI is InChI=1S/C29H22N2O4/c1-17-12-13-20(16-23(17)31(34)35)30-28(32)26-21-14-15-22(27(26)29(30)33)25(21)24(18-8-4-2-5-9-18)19-10-6-3-7-11-19/h2-16,21-22,26-27H,1H3/t21-,22-,26+,27+/m1/s1. The van der Waals surface area contributed by atoms with Crippen LogP contribution >= 0.6 is 0 Å². The van der Waals surface area contributed by atoms with Gasteiger partial charge >= 0.3 is 0 Å². The van der Waals surface area contributed by atoms with Crippen LogP contribution in [-0.2, 0) is 9.59 Å². The molecule has 3 aliphatic rings. The average molecular weight is 463 g/mol. The van der Waals surface area contributed by atoms with Gasteiger partial charge in [-0.1, -0.05) is 78.9 Å². The largest absolute Gasteiger partial charge is 0.274 e. The third kappa shape index (κ3) is 3.10. The van der Waals surface area contributed by atoms with Crippen molar-refractivity contribution >= 4 is 28.8 Å². The number of nitro benzene ring substituents is 1. The van der Waals surface area contributed by atoms with Crippen molar-refractivity contribution in [3.63, 3.8) is 0 Å². The summed E-state index contributed by atoms with van der Waals surface area (Å²) in [5, 5.41) is 11.5. The molecule has 1 aliphatic heterocycles. The normalized spacial score (nSPS) is 24.3. The molecule has 3 aromatic rings. The second-order valence-electron chi connectivity index (χ2n) is 9.29. The van der Waals surface area contributed by atoms with E-state index in [0.29, 0.717) is 5.56 Å². The van der Waals surface area contributed by atoms with Crippen molar-refractivity contribution in [2.45, 2.75) is 6.92 Å². The molecule has 0 unspecified atom stereocenters. The number of amides is 2. The first kappa shape index (κ1) is 21.2. The number of aryl methyl sites for hydroxylation is 1. The van der Waals surface area contributed by atoms with Gasteiger partial charge in [0.2, 0.25) is 11.8 Å². The van der Waals surface area contributed by atoms with E-state index in [4.69, 9.17) is 0 Å². The molecule has 172 valence electrons. The number of hydrogen-bond acceptors (Lipinski definition) is 4. The van der Waals surface area contributed by atoms with Crippen molar-refractivity contribution in [1.82, 2.24) is 0 Å². The average Bonchev–Trinajstić information content (AvgIpc) is 3.50. The van der Waals surface area contributed by atoms with Crippen LogP contribution in [0.2, 0.25) is 0 Å². The predicted octanol–water partition coefficient (Wildman–Crippen LogP) is 5.33. The third-order valence-electron chi connectivity index (χ3n) is 7.48. The molecule has 0 aromatic heterocycles. The molecule has 6 rings (SSSR count). The number of nitrogens with zero attached hydrogens (tertiary/aromatic N) is 2. The fourth-order valence-corrected chi connectivity index (χ4v) is 5.99. The number of nitro groups is 1. The second-order valence-corrected chi connectivity index (χ2v) is 9.29. The highest BCUT2D eigenvalue weighted by atomic mass is 16.6. The van der Waals surface area contributed by atoms with Crippen molar-refractivity contribution < 1.29 is 14.5 Å². The van der Waals surface area contributed by atoms with Gasteiger partial charge in [-0.2, -0.15) is 0 Å². The van der Waals surface area contributed by atoms with Gasteiger partial charge in [0.1, 0.15) is 0 Å². The molecule has 35 heavy (non-hydrogen) atoms. The maximum absolute atomic E-state index is 13.7. The number of allylic oxidation sites excluding steroid dienone is 3. The Balaban J connectivity index is 1.46. The molecule has 0 spiro atoms. The Kier molecular flexibility index (Phi) is 4.78. The van der Waals surface area contributed by atoms with Crippen LogP contribution < -0.4 is 4.90 Å². The summed E-state index contributed by atoms with van der Waals surface area (Å²) in [7, 11) is 0. The van der Waals surface area contributed by atoms with Gasteiger partial charge in [-0.3, -0.25) is 19.7 Å². The summed E-state index contributed by atoms with van der Waals surface area (Å²) < 4.78 is 0. The molecular formula is C29H22N2O4. The maximum Gasteiger partial charge on any atom is 0.274 e. The number of rotatable bonds is 4. The predicted molar refractivity (Wildman–Crippen MR) is 132 cm³/mol. The number of imide groups is 1. The minimum Gasteiger partial charge on any atom is -0.274 e. The van der Waals surface area contributed by atoms with Crippen LogP contribution in [0.5, 0.6) is 0 Å². The van der Waals surface area contributed by atoms with Gasteiger partial charge in [-0.25, -0.2) is 4.90 Å². The van der Waals surface area contributed by atoms with Crippen molar-refractivity contribution in [2.75, 3.05) is 4.90 Å². The van der Waals surface area contributed by atoms with E-state index in [1.807, 2.05) is 36.4 Å². The summed E-state index contributed by atoms with van der Waals surface area (Å²) in [4.78, 5) is 39.5. The minimum atomic E-state index is -0.504. The van der Waals surface area contributed by atoms with Gasteiger partial charge in [0, 0.05) is 23.5 Å². The maximum atomic E-state index is 13.7. The highest BCUT2D eigenvalue weighted by molar-refractivity contribution is 6.23. The Bertz CT molecular complexity index is 1370. The molecule has 1 heterocycles. The molecule has 4 atom stereocenters. The topological polar surface area (TPSA) is 80.5 Å². The van der Waals surface area contributed by atoms with Crippen molar-refractivity contribution in [2.24, 2.45) is 23.7 Å². The summed E-state index contributed by atoms with van der Waals surface area (Å²) >= 11 is 0. The van der Waals surface area contributed by atoms with Gasteiger partial charge in [-0.05, 0) is 35.3 Å². The molecule has 2 amide bonds. The quantitative estimate of drug-likeness (QED) is 0.227. The zero-order valence-corrected chi connectivity index (χ0v) is 19.0. The summed E-state index contributed by atoms with van der Waals surface area (Å²) in [6.45, 7) is 1.64. The van der Waals surface area contributed by atoms with Crippen LogP contribution in [-0.4, -0.2) is 16.7 Å². The van der Waals surface area contributed by atoms with Gasteiger partial charge in [0.15, 0.2) is 0 Å². The number of carbonyl (C=O) groups is 2. The van der Waals surface area contributed by atoms with E-state index in [2.05, 4.69) is 36.4 Å². The molecular weight excluding hydrogens is 440 g/mol. The smallest absolute Gasteiger partial charge is 0.274 e. The summed E-state index contributed by atoms with van der Waals surface area (Å²) in [6, 6.07) is 24.7. The van der Waals surface area contributed by atoms with E-state index in [-0.39, 0.29) is 35.0 Å². The Hall–Kier alpha value is -4.32. The third-order valence-corrected chi connectivity index (χ3v) is 7.48. The van der Waals surface area contributed by atoms with E-state index in [1.54, 1.807) is 19.1 Å². The van der Waals surface area contributed by atoms with E-state index >= 15 is 0 Å². The van der Waals surface area contributed by atoms with E-state index < -0.39 is 16.8 Å². The molecule has 6 nitrogen and oxygen atoms in total. The van der Waals surface area contributed by atoms with Crippen LogP contribution in [0, 0.1) is 40.7 Å². The summed E-state index contributed by atoms with van der Waals surface area (Å²) in [5.41, 5.74) is 4.93. The Morgan fingerprint density at radius 3 is 1.80 bits per heavy atom. The fourth-order valence-electron chi connectivity index (χ4n) is 5.99. The van der Waals surface area contributed by atoms with Crippen LogP contribution in [0.3, 0.4) is 0 Å². The summed E-state index contributed by atoms with van der Waals surface area (Å²) in [6.07, 6.45) is 4.11. The molecule has 0 N–H and O–H groups in total. The number of hydrogen-bond donors (Lipinski definition) is 0.